The van der Waals surface area contributed by atoms with Crippen molar-refractivity contribution in [3.05, 3.63) is 54.5 Å². The number of pyridine rings is 1. The second kappa shape index (κ2) is 3.33. The minimum atomic E-state index is 0.369. The molecule has 0 N–H and O–H groups in total. The van der Waals surface area contributed by atoms with Gasteiger partial charge in [-0.05, 0) is 16.8 Å². The number of para-hydroxylation sites is 1. The maximum absolute atomic E-state index is 6.11. The van der Waals surface area contributed by atoms with Gasteiger partial charge in [0.25, 0.3) is 0 Å². The third-order valence-electron chi connectivity index (χ3n) is 4.37. The zero-order valence-corrected chi connectivity index (χ0v) is 11.2. The van der Waals surface area contributed by atoms with Gasteiger partial charge < -0.3 is 9.32 Å². The predicted molar refractivity (Wildman–Crippen MR) is 76.5 cm³/mol. The van der Waals surface area contributed by atoms with Crippen LogP contribution in [0.15, 0.2) is 53.2 Å². The molecular weight excluding hydrogens is 250 g/mol. The van der Waals surface area contributed by atoms with E-state index in [-0.39, 0.29) is 0 Å². The van der Waals surface area contributed by atoms with Gasteiger partial charge in [-0.3, -0.25) is 0 Å². The second-order valence-electron chi connectivity index (χ2n) is 5.48. The molecule has 4 heteroatoms. The van der Waals surface area contributed by atoms with E-state index in [0.717, 1.165) is 17.7 Å². The van der Waals surface area contributed by atoms with Crippen LogP contribution in [0.2, 0.25) is 0 Å². The summed E-state index contributed by atoms with van der Waals surface area (Å²) >= 11 is 0. The van der Waals surface area contributed by atoms with Crippen LogP contribution in [0.25, 0.3) is 22.1 Å². The van der Waals surface area contributed by atoms with Gasteiger partial charge in [-0.1, -0.05) is 18.2 Å². The van der Waals surface area contributed by atoms with Gasteiger partial charge in [-0.2, -0.15) is 0 Å². The van der Waals surface area contributed by atoms with Crippen molar-refractivity contribution in [1.82, 2.24) is 4.90 Å². The first-order chi connectivity index (χ1) is 9.83. The fourth-order valence-corrected chi connectivity index (χ4v) is 3.34. The number of aromatic nitrogens is 1. The minimum Gasteiger partial charge on any atom is -0.402 e. The van der Waals surface area contributed by atoms with Crippen molar-refractivity contribution in [2.75, 3.05) is 12.1 Å². The van der Waals surface area contributed by atoms with Crippen LogP contribution >= 0.6 is 0 Å². The largest absolute Gasteiger partial charge is 0.411 e. The summed E-state index contributed by atoms with van der Waals surface area (Å²) in [6, 6.07) is 12.6. The van der Waals surface area contributed by atoms with Crippen LogP contribution in [0.5, 0.6) is 0 Å². The summed E-state index contributed by atoms with van der Waals surface area (Å²) in [5.74, 6) is 0. The van der Waals surface area contributed by atoms with Crippen LogP contribution in [-0.4, -0.2) is 18.1 Å². The Morgan fingerprint density at radius 1 is 1.10 bits per heavy atom. The second-order valence-corrected chi connectivity index (χ2v) is 5.48. The van der Waals surface area contributed by atoms with Gasteiger partial charge in [0.2, 0.25) is 5.69 Å². The van der Waals surface area contributed by atoms with Crippen LogP contribution in [0.4, 0.5) is 0 Å². The van der Waals surface area contributed by atoms with Crippen molar-refractivity contribution in [2.24, 2.45) is 0 Å². The first kappa shape index (κ1) is 10.3. The zero-order valence-electron chi connectivity index (χ0n) is 11.2. The number of furan rings is 1. The lowest BCUT2D eigenvalue weighted by Crippen LogP contribution is -2.55. The molecule has 2 aromatic heterocycles. The molecule has 3 aromatic rings. The van der Waals surface area contributed by atoms with Crippen LogP contribution in [-0.2, 0) is 6.42 Å². The minimum absolute atomic E-state index is 0.369. The quantitative estimate of drug-likeness (QED) is 0.581. The summed E-state index contributed by atoms with van der Waals surface area (Å²) in [5, 5.41) is 4.60. The van der Waals surface area contributed by atoms with E-state index in [9.17, 15) is 0 Å². The van der Waals surface area contributed by atoms with Crippen molar-refractivity contribution in [1.29, 1.82) is 0 Å². The summed E-state index contributed by atoms with van der Waals surface area (Å²) < 4.78 is 8.32. The highest BCUT2D eigenvalue weighted by Crippen LogP contribution is 2.29. The summed E-state index contributed by atoms with van der Waals surface area (Å²) in [4.78, 5) is 2.24. The van der Waals surface area contributed by atoms with Gasteiger partial charge in [-0.15, -0.1) is 5.01 Å². The van der Waals surface area contributed by atoms with Gasteiger partial charge in [0, 0.05) is 24.7 Å². The molecule has 4 heterocycles. The number of fused-ring (bicyclic) bond motifs is 7. The van der Waals surface area contributed by atoms with Crippen molar-refractivity contribution in [3.8, 4) is 0 Å². The number of likely N-dealkylation sites (N-methyl/N-ethyl adjacent to an activating group) is 1. The van der Waals surface area contributed by atoms with E-state index in [2.05, 4.69) is 58.3 Å². The highest BCUT2D eigenvalue weighted by atomic mass is 16.3. The third-order valence-corrected chi connectivity index (χ3v) is 4.37. The molecule has 0 fully saturated rings. The Balaban J connectivity index is 1.88. The molecular formula is C16H14N3O+. The summed E-state index contributed by atoms with van der Waals surface area (Å²) in [7, 11) is 2.11. The van der Waals surface area contributed by atoms with Crippen LogP contribution in [0.3, 0.4) is 0 Å². The van der Waals surface area contributed by atoms with Crippen molar-refractivity contribution < 1.29 is 9.09 Å². The Bertz CT molecular complexity index is 880. The van der Waals surface area contributed by atoms with E-state index in [1.165, 1.54) is 16.5 Å². The number of hydrogen-bond acceptors (Lipinski definition) is 3. The predicted octanol–water partition coefficient (Wildman–Crippen LogP) is 2.11. The molecule has 0 bridgehead atoms. The average Bonchev–Trinajstić information content (AvgIpc) is 3.11. The van der Waals surface area contributed by atoms with Gasteiger partial charge in [0.1, 0.15) is 11.0 Å². The monoisotopic (exact) mass is 264 g/mol. The van der Waals surface area contributed by atoms with Gasteiger partial charge >= 0.3 is 5.71 Å². The van der Waals surface area contributed by atoms with E-state index >= 15 is 0 Å². The molecule has 1 atom stereocenters. The average molecular weight is 264 g/mol. The molecule has 20 heavy (non-hydrogen) atoms. The molecule has 2 aliphatic rings. The molecule has 0 amide bonds. The summed E-state index contributed by atoms with van der Waals surface area (Å²) in [5.41, 5.74) is 3.17. The van der Waals surface area contributed by atoms with E-state index < -0.39 is 0 Å². The number of rotatable bonds is 0. The lowest BCUT2D eigenvalue weighted by atomic mass is 10.2. The van der Waals surface area contributed by atoms with E-state index in [1.807, 2.05) is 12.1 Å². The van der Waals surface area contributed by atoms with Crippen molar-refractivity contribution >= 4 is 22.1 Å². The summed E-state index contributed by atoms with van der Waals surface area (Å²) in [6.45, 7) is 0. The highest BCUT2D eigenvalue weighted by Gasteiger charge is 2.43. The molecule has 4 nitrogen and oxygen atoms in total. The van der Waals surface area contributed by atoms with Gasteiger partial charge in [0.15, 0.2) is 6.17 Å². The van der Waals surface area contributed by atoms with Crippen LogP contribution in [0.1, 0.15) is 5.69 Å². The molecule has 0 spiro atoms. The number of nitrogens with zero attached hydrogens (tertiary/aromatic N) is 3. The molecule has 0 saturated carbocycles. The molecule has 98 valence electrons. The van der Waals surface area contributed by atoms with E-state index in [0.29, 0.717) is 6.17 Å². The Kier molecular flexibility index (Phi) is 1.72. The van der Waals surface area contributed by atoms with E-state index in [1.54, 1.807) is 0 Å². The Morgan fingerprint density at radius 3 is 2.95 bits per heavy atom. The smallest absolute Gasteiger partial charge is 0.402 e. The lowest BCUT2D eigenvalue weighted by molar-refractivity contribution is -0.663. The van der Waals surface area contributed by atoms with Crippen LogP contribution < -0.4 is 9.69 Å². The maximum atomic E-state index is 6.11. The Labute approximate surface area is 116 Å². The third kappa shape index (κ3) is 1.10. The van der Waals surface area contributed by atoms with Gasteiger partial charge in [-0.25, -0.2) is 0 Å². The first-order valence-corrected chi connectivity index (χ1v) is 6.87. The molecule has 0 radical (unpaired) electrons. The lowest BCUT2D eigenvalue weighted by Gasteiger charge is -2.16. The topological polar surface area (TPSA) is 23.5 Å². The normalized spacial score (nSPS) is 20.1. The summed E-state index contributed by atoms with van der Waals surface area (Å²) in [6.07, 6.45) is 5.61. The zero-order chi connectivity index (χ0) is 13.3. The SMILES string of the molecule is CN1C=CN2C1Cc1ccc3c4ccccc4oc3[n+]12. The Morgan fingerprint density at radius 2 is 2.00 bits per heavy atom. The number of benzene rings is 1. The Hall–Kier alpha value is -2.49. The molecule has 2 aliphatic heterocycles. The maximum Gasteiger partial charge on any atom is 0.411 e. The van der Waals surface area contributed by atoms with Crippen molar-refractivity contribution in [2.45, 2.75) is 12.6 Å². The van der Waals surface area contributed by atoms with E-state index in [4.69, 9.17) is 4.42 Å². The standard InChI is InChI=1S/C16H14N3O/c1-17-8-9-18-15(17)10-11-6-7-13-12-4-2-3-5-14(12)20-16(13)19(11)18/h2-9,15H,10H2,1H3/q+1. The highest BCUT2D eigenvalue weighted by molar-refractivity contribution is 6.02. The van der Waals surface area contributed by atoms with Crippen molar-refractivity contribution in [3.63, 3.8) is 0 Å². The molecule has 1 unspecified atom stereocenters. The van der Waals surface area contributed by atoms with Gasteiger partial charge in [0.05, 0.1) is 12.6 Å². The fourth-order valence-electron chi connectivity index (χ4n) is 3.34. The molecule has 1 aromatic carbocycles. The molecule has 5 rings (SSSR count). The first-order valence-electron chi connectivity index (χ1n) is 6.87. The fraction of sp³-hybridized carbons (Fsp3) is 0.188. The number of hydrogen-bond donors (Lipinski definition) is 0. The molecule has 0 saturated heterocycles. The van der Waals surface area contributed by atoms with Crippen LogP contribution in [0, 0.1) is 0 Å². The molecule has 0 aliphatic carbocycles.